The summed E-state index contributed by atoms with van der Waals surface area (Å²) >= 11 is 0. The lowest BCUT2D eigenvalue weighted by Gasteiger charge is -2.11. The number of hydrogen-bond acceptors (Lipinski definition) is 2. The fraction of sp³-hybridized carbons (Fsp3) is 0.800. The van der Waals surface area contributed by atoms with Crippen LogP contribution in [0, 0.1) is 6.92 Å². The maximum absolute atomic E-state index is 10.0. The van der Waals surface area contributed by atoms with Crippen LogP contribution in [0.15, 0.2) is 6.07 Å². The van der Waals surface area contributed by atoms with Crippen LogP contribution in [0.2, 0.25) is 0 Å². The first-order valence-corrected chi connectivity index (χ1v) is 7.38. The van der Waals surface area contributed by atoms with Gasteiger partial charge in [0.25, 0.3) is 0 Å². The first-order chi connectivity index (χ1) is 8.67. The third-order valence-corrected chi connectivity index (χ3v) is 3.37. The third kappa shape index (κ3) is 5.21. The van der Waals surface area contributed by atoms with Crippen LogP contribution in [0.1, 0.15) is 63.8 Å². The van der Waals surface area contributed by atoms with E-state index in [1.807, 2.05) is 11.6 Å². The maximum Gasteiger partial charge on any atom is 0.0596 e. The largest absolute Gasteiger partial charge is 0.393 e. The number of aliphatic hydroxyl groups is 1. The van der Waals surface area contributed by atoms with Crippen LogP contribution in [0.4, 0.5) is 0 Å². The Kier molecular flexibility index (Phi) is 7.02. The quantitative estimate of drug-likeness (QED) is 0.683. The van der Waals surface area contributed by atoms with Gasteiger partial charge < -0.3 is 5.11 Å². The summed E-state index contributed by atoms with van der Waals surface area (Å²) in [5.74, 6) is 0. The number of hydrogen-bond donors (Lipinski definition) is 1. The Morgan fingerprint density at radius 1 is 1.22 bits per heavy atom. The highest BCUT2D eigenvalue weighted by Gasteiger charge is 2.10. The lowest BCUT2D eigenvalue weighted by molar-refractivity contribution is 0.158. The van der Waals surface area contributed by atoms with Crippen LogP contribution < -0.4 is 0 Å². The van der Waals surface area contributed by atoms with Gasteiger partial charge in [-0.2, -0.15) is 5.10 Å². The molecular formula is C15H28N2O. The zero-order valence-corrected chi connectivity index (χ0v) is 12.2. The molecule has 0 bridgehead atoms. The minimum atomic E-state index is -0.215. The van der Waals surface area contributed by atoms with Gasteiger partial charge >= 0.3 is 0 Å². The molecule has 0 aliphatic heterocycles. The lowest BCUT2D eigenvalue weighted by Crippen LogP contribution is -2.14. The summed E-state index contributed by atoms with van der Waals surface area (Å²) in [6, 6.07) is 2.09. The Balaban J connectivity index is 2.28. The fourth-order valence-corrected chi connectivity index (χ4v) is 2.36. The standard InChI is InChI=1S/C15H28N2O/c1-4-6-7-8-9-10-15(18)12-14-11-13(3)16-17(14)5-2/h11,15,18H,4-10,12H2,1-3H3. The van der Waals surface area contributed by atoms with Gasteiger partial charge in [-0.25, -0.2) is 0 Å². The van der Waals surface area contributed by atoms with E-state index in [9.17, 15) is 5.11 Å². The molecule has 0 saturated carbocycles. The molecule has 104 valence electrons. The fourth-order valence-electron chi connectivity index (χ4n) is 2.36. The second-order valence-corrected chi connectivity index (χ2v) is 5.15. The number of nitrogens with zero attached hydrogens (tertiary/aromatic N) is 2. The van der Waals surface area contributed by atoms with Crippen molar-refractivity contribution in [3.8, 4) is 0 Å². The zero-order chi connectivity index (χ0) is 13.4. The van der Waals surface area contributed by atoms with Crippen molar-refractivity contribution in [2.24, 2.45) is 0 Å². The summed E-state index contributed by atoms with van der Waals surface area (Å²) < 4.78 is 2.00. The summed E-state index contributed by atoms with van der Waals surface area (Å²) in [4.78, 5) is 0. The molecule has 1 heterocycles. The Hall–Kier alpha value is -0.830. The van der Waals surface area contributed by atoms with Crippen molar-refractivity contribution in [1.82, 2.24) is 9.78 Å². The molecule has 1 aromatic heterocycles. The monoisotopic (exact) mass is 252 g/mol. The van der Waals surface area contributed by atoms with Crippen molar-refractivity contribution >= 4 is 0 Å². The number of aliphatic hydroxyl groups excluding tert-OH is 1. The summed E-state index contributed by atoms with van der Waals surface area (Å²) in [5.41, 5.74) is 2.21. The van der Waals surface area contributed by atoms with E-state index >= 15 is 0 Å². The molecule has 0 aromatic carbocycles. The maximum atomic E-state index is 10.0. The van der Waals surface area contributed by atoms with Crippen LogP contribution in [0.25, 0.3) is 0 Å². The van der Waals surface area contributed by atoms with E-state index in [2.05, 4.69) is 25.0 Å². The molecule has 1 atom stereocenters. The first kappa shape index (κ1) is 15.2. The average molecular weight is 252 g/mol. The highest BCUT2D eigenvalue weighted by molar-refractivity contribution is 5.09. The molecule has 0 saturated heterocycles. The number of aryl methyl sites for hydroxylation is 2. The summed E-state index contributed by atoms with van der Waals surface area (Å²) in [5, 5.41) is 14.5. The van der Waals surface area contributed by atoms with E-state index in [1.165, 1.54) is 25.7 Å². The van der Waals surface area contributed by atoms with Gasteiger partial charge in [0.1, 0.15) is 0 Å². The SMILES string of the molecule is CCCCCCCC(O)Cc1cc(C)nn1CC. The van der Waals surface area contributed by atoms with E-state index < -0.39 is 0 Å². The minimum absolute atomic E-state index is 0.215. The molecule has 1 N–H and O–H groups in total. The normalized spacial score (nSPS) is 12.9. The van der Waals surface area contributed by atoms with Crippen LogP contribution >= 0.6 is 0 Å². The molecule has 1 unspecified atom stereocenters. The van der Waals surface area contributed by atoms with Crippen LogP contribution in [-0.2, 0) is 13.0 Å². The second-order valence-electron chi connectivity index (χ2n) is 5.15. The molecule has 1 aromatic rings. The lowest BCUT2D eigenvalue weighted by atomic mass is 10.0. The van der Waals surface area contributed by atoms with Gasteiger partial charge in [0.2, 0.25) is 0 Å². The van der Waals surface area contributed by atoms with Crippen molar-refractivity contribution in [3.05, 3.63) is 17.5 Å². The van der Waals surface area contributed by atoms with Gasteiger partial charge in [0, 0.05) is 18.7 Å². The Bertz CT molecular complexity index is 333. The van der Waals surface area contributed by atoms with Gasteiger partial charge in [0.15, 0.2) is 0 Å². The zero-order valence-electron chi connectivity index (χ0n) is 12.2. The van der Waals surface area contributed by atoms with Crippen molar-refractivity contribution in [1.29, 1.82) is 0 Å². The number of unbranched alkanes of at least 4 members (excludes halogenated alkanes) is 4. The predicted molar refractivity (Wildman–Crippen MR) is 75.7 cm³/mol. The van der Waals surface area contributed by atoms with Gasteiger partial charge in [-0.05, 0) is 26.3 Å². The van der Waals surface area contributed by atoms with Crippen LogP contribution in [-0.4, -0.2) is 21.0 Å². The molecule has 0 aliphatic carbocycles. The summed E-state index contributed by atoms with van der Waals surface area (Å²) in [6.07, 6.45) is 7.72. The first-order valence-electron chi connectivity index (χ1n) is 7.38. The van der Waals surface area contributed by atoms with Gasteiger partial charge in [0.05, 0.1) is 11.8 Å². The van der Waals surface area contributed by atoms with Crippen molar-refractivity contribution in [3.63, 3.8) is 0 Å². The van der Waals surface area contributed by atoms with Gasteiger partial charge in [-0.1, -0.05) is 39.0 Å². The topological polar surface area (TPSA) is 38.1 Å². The van der Waals surface area contributed by atoms with Crippen LogP contribution in [0.5, 0.6) is 0 Å². The van der Waals surface area contributed by atoms with Crippen molar-refractivity contribution in [2.45, 2.75) is 78.4 Å². The summed E-state index contributed by atoms with van der Waals surface area (Å²) in [7, 11) is 0. The number of rotatable bonds is 9. The number of aromatic nitrogens is 2. The van der Waals surface area contributed by atoms with Crippen molar-refractivity contribution in [2.75, 3.05) is 0 Å². The summed E-state index contributed by atoms with van der Waals surface area (Å²) in [6.45, 7) is 7.20. The van der Waals surface area contributed by atoms with E-state index in [-0.39, 0.29) is 6.10 Å². The van der Waals surface area contributed by atoms with Gasteiger partial charge in [-0.3, -0.25) is 4.68 Å². The van der Waals surface area contributed by atoms with Gasteiger partial charge in [-0.15, -0.1) is 0 Å². The van der Waals surface area contributed by atoms with E-state index in [0.29, 0.717) is 0 Å². The van der Waals surface area contributed by atoms with Crippen molar-refractivity contribution < 1.29 is 5.11 Å². The molecule has 0 spiro atoms. The third-order valence-electron chi connectivity index (χ3n) is 3.37. The molecule has 0 aliphatic rings. The Morgan fingerprint density at radius 2 is 1.94 bits per heavy atom. The van der Waals surface area contributed by atoms with Crippen LogP contribution in [0.3, 0.4) is 0 Å². The molecule has 0 fully saturated rings. The minimum Gasteiger partial charge on any atom is -0.393 e. The molecule has 1 rings (SSSR count). The predicted octanol–water partition coefficient (Wildman–Crippen LogP) is 3.48. The molecule has 18 heavy (non-hydrogen) atoms. The molecule has 0 amide bonds. The van der Waals surface area contributed by atoms with E-state index in [0.717, 1.165) is 37.2 Å². The Labute approximate surface area is 111 Å². The molecule has 3 heteroatoms. The average Bonchev–Trinajstić information content (AvgIpc) is 2.69. The van der Waals surface area contributed by atoms with E-state index in [4.69, 9.17) is 0 Å². The highest BCUT2D eigenvalue weighted by Crippen LogP contribution is 2.12. The molecule has 3 nitrogen and oxygen atoms in total. The highest BCUT2D eigenvalue weighted by atomic mass is 16.3. The Morgan fingerprint density at radius 3 is 2.61 bits per heavy atom. The smallest absolute Gasteiger partial charge is 0.0596 e. The molecular weight excluding hydrogens is 224 g/mol. The van der Waals surface area contributed by atoms with E-state index in [1.54, 1.807) is 0 Å². The molecule has 0 radical (unpaired) electrons. The second kappa shape index (κ2) is 8.30.